The van der Waals surface area contributed by atoms with Crippen molar-refractivity contribution < 1.29 is 9.53 Å². The first kappa shape index (κ1) is 13.0. The lowest BCUT2D eigenvalue weighted by atomic mass is 10.2. The van der Waals surface area contributed by atoms with Gasteiger partial charge in [0.2, 0.25) is 5.13 Å². The standard InChI is InChI=1S/C12H12N4O2S/c1-8(17)18-10-4-2-3-9(5-10)6-14-16-12-15-11(13)7-19-12/h2-7H,13H2,1H3,(H,15,16). The Kier molecular flexibility index (Phi) is 4.09. The topological polar surface area (TPSA) is 89.6 Å². The van der Waals surface area contributed by atoms with Crippen LogP contribution in [0.5, 0.6) is 5.75 Å². The number of nitrogen functional groups attached to an aromatic ring is 1. The Morgan fingerprint density at radius 3 is 3.11 bits per heavy atom. The maximum Gasteiger partial charge on any atom is 0.308 e. The number of benzene rings is 1. The molecule has 0 radical (unpaired) electrons. The molecule has 0 atom stereocenters. The summed E-state index contributed by atoms with van der Waals surface area (Å²) < 4.78 is 4.98. The number of ether oxygens (including phenoxy) is 1. The quantitative estimate of drug-likeness (QED) is 0.386. The summed E-state index contributed by atoms with van der Waals surface area (Å²) in [6.07, 6.45) is 1.60. The number of aromatic nitrogens is 1. The molecule has 2 aromatic rings. The molecular formula is C12H12N4O2S. The number of anilines is 2. The molecule has 7 heteroatoms. The zero-order chi connectivity index (χ0) is 13.7. The average Bonchev–Trinajstić information content (AvgIpc) is 2.75. The summed E-state index contributed by atoms with van der Waals surface area (Å²) in [5.74, 6) is 0.583. The second-order valence-electron chi connectivity index (χ2n) is 3.61. The Hall–Kier alpha value is -2.41. The molecule has 0 aliphatic rings. The predicted molar refractivity (Wildman–Crippen MR) is 75.5 cm³/mol. The lowest BCUT2D eigenvalue weighted by Crippen LogP contribution is -2.01. The van der Waals surface area contributed by atoms with Crippen molar-refractivity contribution in [2.45, 2.75) is 6.92 Å². The fourth-order valence-corrected chi connectivity index (χ4v) is 1.87. The number of hydrazone groups is 1. The van der Waals surface area contributed by atoms with E-state index in [9.17, 15) is 4.79 Å². The van der Waals surface area contributed by atoms with Gasteiger partial charge < -0.3 is 10.5 Å². The van der Waals surface area contributed by atoms with E-state index in [4.69, 9.17) is 10.5 Å². The fraction of sp³-hybridized carbons (Fsp3) is 0.0833. The molecule has 0 aliphatic heterocycles. The summed E-state index contributed by atoms with van der Waals surface area (Å²) in [7, 11) is 0. The van der Waals surface area contributed by atoms with Crippen LogP contribution in [0.25, 0.3) is 0 Å². The molecule has 2 rings (SSSR count). The summed E-state index contributed by atoms with van der Waals surface area (Å²) in [5, 5.41) is 6.36. The molecule has 0 fully saturated rings. The maximum atomic E-state index is 10.8. The van der Waals surface area contributed by atoms with Crippen LogP contribution in [0.15, 0.2) is 34.7 Å². The normalized spacial score (nSPS) is 10.6. The van der Waals surface area contributed by atoms with Crippen molar-refractivity contribution in [3.8, 4) is 5.75 Å². The van der Waals surface area contributed by atoms with Gasteiger partial charge >= 0.3 is 5.97 Å². The smallest absolute Gasteiger partial charge is 0.308 e. The third-order valence-electron chi connectivity index (χ3n) is 2.02. The SMILES string of the molecule is CC(=O)Oc1cccc(C=NNc2nc(N)cs2)c1. The summed E-state index contributed by atoms with van der Waals surface area (Å²) in [5.41, 5.74) is 9.05. The first-order valence-electron chi connectivity index (χ1n) is 5.42. The Labute approximate surface area is 113 Å². The second-order valence-corrected chi connectivity index (χ2v) is 4.47. The highest BCUT2D eigenvalue weighted by Crippen LogP contribution is 2.16. The summed E-state index contributed by atoms with van der Waals surface area (Å²) in [4.78, 5) is 14.8. The molecule has 0 spiro atoms. The molecule has 98 valence electrons. The van der Waals surface area contributed by atoms with Gasteiger partial charge in [0.25, 0.3) is 0 Å². The lowest BCUT2D eigenvalue weighted by Gasteiger charge is -2.01. The fourth-order valence-electron chi connectivity index (χ4n) is 1.32. The highest BCUT2D eigenvalue weighted by Gasteiger charge is 1.98. The molecule has 0 saturated heterocycles. The molecular weight excluding hydrogens is 264 g/mol. The van der Waals surface area contributed by atoms with Crippen LogP contribution in [0.4, 0.5) is 10.9 Å². The van der Waals surface area contributed by atoms with Crippen molar-refractivity contribution in [3.05, 3.63) is 35.2 Å². The van der Waals surface area contributed by atoms with Crippen molar-refractivity contribution in [2.24, 2.45) is 5.10 Å². The highest BCUT2D eigenvalue weighted by molar-refractivity contribution is 7.14. The van der Waals surface area contributed by atoms with Crippen LogP contribution in [-0.4, -0.2) is 17.2 Å². The van der Waals surface area contributed by atoms with Crippen LogP contribution < -0.4 is 15.9 Å². The van der Waals surface area contributed by atoms with Crippen LogP contribution >= 0.6 is 11.3 Å². The van der Waals surface area contributed by atoms with E-state index in [0.29, 0.717) is 16.7 Å². The van der Waals surface area contributed by atoms with Crippen molar-refractivity contribution in [1.29, 1.82) is 0 Å². The first-order chi connectivity index (χ1) is 9.13. The molecule has 19 heavy (non-hydrogen) atoms. The minimum absolute atomic E-state index is 0.356. The van der Waals surface area contributed by atoms with Gasteiger partial charge in [-0.3, -0.25) is 10.2 Å². The number of rotatable bonds is 4. The van der Waals surface area contributed by atoms with Gasteiger partial charge in [-0.2, -0.15) is 5.10 Å². The number of nitrogens with two attached hydrogens (primary N) is 1. The molecule has 1 aromatic heterocycles. The van der Waals surface area contributed by atoms with Gasteiger partial charge in [0.1, 0.15) is 11.6 Å². The number of hydrogen-bond donors (Lipinski definition) is 2. The largest absolute Gasteiger partial charge is 0.427 e. The lowest BCUT2D eigenvalue weighted by molar-refractivity contribution is -0.131. The summed E-state index contributed by atoms with van der Waals surface area (Å²) in [6, 6.07) is 7.03. The van der Waals surface area contributed by atoms with Gasteiger partial charge in [-0.05, 0) is 17.7 Å². The zero-order valence-corrected chi connectivity index (χ0v) is 11.0. The van der Waals surface area contributed by atoms with Gasteiger partial charge in [0.15, 0.2) is 0 Å². The van der Waals surface area contributed by atoms with E-state index in [1.165, 1.54) is 18.3 Å². The van der Waals surface area contributed by atoms with Gasteiger partial charge in [0, 0.05) is 12.3 Å². The van der Waals surface area contributed by atoms with Crippen LogP contribution in [0.3, 0.4) is 0 Å². The Bertz CT molecular complexity index is 609. The van der Waals surface area contributed by atoms with Gasteiger partial charge in [0.05, 0.1) is 6.21 Å². The molecule has 0 bridgehead atoms. The third-order valence-corrected chi connectivity index (χ3v) is 2.78. The number of nitrogens with zero attached hydrogens (tertiary/aromatic N) is 2. The van der Waals surface area contributed by atoms with E-state index in [-0.39, 0.29) is 5.97 Å². The number of thiazole rings is 1. The van der Waals surface area contributed by atoms with E-state index in [1.54, 1.807) is 29.8 Å². The van der Waals surface area contributed by atoms with Gasteiger partial charge in [-0.15, -0.1) is 11.3 Å². The highest BCUT2D eigenvalue weighted by atomic mass is 32.1. The minimum atomic E-state index is -0.356. The Balaban J connectivity index is 2.00. The summed E-state index contributed by atoms with van der Waals surface area (Å²) >= 11 is 1.37. The zero-order valence-electron chi connectivity index (χ0n) is 10.2. The van der Waals surface area contributed by atoms with Crippen molar-refractivity contribution >= 4 is 34.5 Å². The minimum Gasteiger partial charge on any atom is -0.427 e. The summed E-state index contributed by atoms with van der Waals surface area (Å²) in [6.45, 7) is 1.36. The molecule has 0 unspecified atom stereocenters. The number of carbonyl (C=O) groups excluding carboxylic acids is 1. The monoisotopic (exact) mass is 276 g/mol. The van der Waals surface area contributed by atoms with E-state index < -0.39 is 0 Å². The maximum absolute atomic E-state index is 10.8. The number of esters is 1. The van der Waals surface area contributed by atoms with E-state index >= 15 is 0 Å². The van der Waals surface area contributed by atoms with Crippen LogP contribution in [-0.2, 0) is 4.79 Å². The van der Waals surface area contributed by atoms with Crippen molar-refractivity contribution in [1.82, 2.24) is 4.98 Å². The third kappa shape index (κ3) is 4.07. The number of nitrogens with one attached hydrogen (secondary N) is 1. The van der Waals surface area contributed by atoms with Crippen molar-refractivity contribution in [2.75, 3.05) is 11.2 Å². The number of hydrogen-bond acceptors (Lipinski definition) is 7. The van der Waals surface area contributed by atoms with Gasteiger partial charge in [-0.25, -0.2) is 4.98 Å². The molecule has 3 N–H and O–H groups in total. The number of carbonyl (C=O) groups is 1. The molecule has 6 nitrogen and oxygen atoms in total. The first-order valence-corrected chi connectivity index (χ1v) is 6.30. The Morgan fingerprint density at radius 2 is 2.42 bits per heavy atom. The van der Waals surface area contributed by atoms with E-state index in [0.717, 1.165) is 5.56 Å². The molecule has 0 amide bonds. The Morgan fingerprint density at radius 1 is 1.58 bits per heavy atom. The molecule has 0 aliphatic carbocycles. The van der Waals surface area contributed by atoms with Crippen LogP contribution in [0.1, 0.15) is 12.5 Å². The second kappa shape index (κ2) is 5.96. The predicted octanol–water partition coefficient (Wildman–Crippen LogP) is 2.10. The van der Waals surface area contributed by atoms with Crippen molar-refractivity contribution in [3.63, 3.8) is 0 Å². The van der Waals surface area contributed by atoms with Gasteiger partial charge in [-0.1, -0.05) is 12.1 Å². The van der Waals surface area contributed by atoms with Crippen LogP contribution in [0, 0.1) is 0 Å². The molecule has 0 saturated carbocycles. The molecule has 1 aromatic carbocycles. The molecule has 1 heterocycles. The average molecular weight is 276 g/mol. The van der Waals surface area contributed by atoms with E-state index in [1.807, 2.05) is 6.07 Å². The van der Waals surface area contributed by atoms with Crippen LogP contribution in [0.2, 0.25) is 0 Å². The van der Waals surface area contributed by atoms with E-state index in [2.05, 4.69) is 15.5 Å².